The van der Waals surface area contributed by atoms with E-state index in [2.05, 4.69) is 9.84 Å². The van der Waals surface area contributed by atoms with Gasteiger partial charge in [-0.2, -0.15) is 9.49 Å². The molecule has 0 saturated heterocycles. The smallest absolute Gasteiger partial charge is 0.359 e. The SMILES string of the molecule is CCn1nc(C(=O)OC)c(-c2ccc(Cl)cc2)c1F. The lowest BCUT2D eigenvalue weighted by Crippen LogP contribution is -2.05. The van der Waals surface area contributed by atoms with Crippen LogP contribution in [0.1, 0.15) is 17.4 Å². The number of aryl methyl sites for hydroxylation is 1. The number of carbonyl (C=O) groups excluding carboxylic acids is 1. The van der Waals surface area contributed by atoms with Crippen LogP contribution in [0.3, 0.4) is 0 Å². The highest BCUT2D eigenvalue weighted by Gasteiger charge is 2.24. The maximum Gasteiger partial charge on any atom is 0.359 e. The van der Waals surface area contributed by atoms with Gasteiger partial charge in [-0.25, -0.2) is 9.48 Å². The summed E-state index contributed by atoms with van der Waals surface area (Å²) in [5.74, 6) is -1.23. The molecule has 6 heteroatoms. The van der Waals surface area contributed by atoms with Crippen molar-refractivity contribution in [2.45, 2.75) is 13.5 Å². The van der Waals surface area contributed by atoms with Crippen LogP contribution in [0.5, 0.6) is 0 Å². The predicted octanol–water partition coefficient (Wildman–Crippen LogP) is 3.15. The average molecular weight is 283 g/mol. The van der Waals surface area contributed by atoms with E-state index in [1.54, 1.807) is 31.2 Å². The van der Waals surface area contributed by atoms with Gasteiger partial charge in [0.15, 0.2) is 5.69 Å². The first-order valence-corrected chi connectivity index (χ1v) is 6.06. The fraction of sp³-hybridized carbons (Fsp3) is 0.231. The highest BCUT2D eigenvalue weighted by Crippen LogP contribution is 2.28. The van der Waals surface area contributed by atoms with Gasteiger partial charge in [-0.1, -0.05) is 23.7 Å². The van der Waals surface area contributed by atoms with Gasteiger partial charge in [-0.3, -0.25) is 0 Å². The lowest BCUT2D eigenvalue weighted by molar-refractivity contribution is 0.0594. The normalized spacial score (nSPS) is 10.5. The van der Waals surface area contributed by atoms with E-state index in [1.165, 1.54) is 7.11 Å². The van der Waals surface area contributed by atoms with Crippen LogP contribution in [0.15, 0.2) is 24.3 Å². The number of hydrogen-bond donors (Lipinski definition) is 0. The van der Waals surface area contributed by atoms with Gasteiger partial charge in [0, 0.05) is 11.6 Å². The molecule has 19 heavy (non-hydrogen) atoms. The molecular formula is C13H12ClFN2O2. The second-order valence-corrected chi connectivity index (χ2v) is 4.27. The Labute approximate surface area is 114 Å². The van der Waals surface area contributed by atoms with Crippen molar-refractivity contribution in [1.82, 2.24) is 9.78 Å². The molecule has 0 atom stereocenters. The second kappa shape index (κ2) is 5.40. The van der Waals surface area contributed by atoms with Crippen molar-refractivity contribution in [2.24, 2.45) is 0 Å². The molecule has 0 bridgehead atoms. The molecule has 2 rings (SSSR count). The van der Waals surface area contributed by atoms with Crippen molar-refractivity contribution >= 4 is 17.6 Å². The van der Waals surface area contributed by atoms with Gasteiger partial charge < -0.3 is 4.74 Å². The van der Waals surface area contributed by atoms with Crippen LogP contribution in [0.4, 0.5) is 4.39 Å². The molecule has 1 aromatic heterocycles. The van der Waals surface area contributed by atoms with Crippen LogP contribution in [0.25, 0.3) is 11.1 Å². The summed E-state index contributed by atoms with van der Waals surface area (Å²) in [6.45, 7) is 2.06. The Morgan fingerprint density at radius 2 is 2.05 bits per heavy atom. The van der Waals surface area contributed by atoms with Crippen molar-refractivity contribution in [3.63, 3.8) is 0 Å². The minimum atomic E-state index is -0.670. The maximum atomic E-state index is 14.2. The highest BCUT2D eigenvalue weighted by molar-refractivity contribution is 6.30. The Bertz CT molecular complexity index is 608. The number of ether oxygens (including phenoxy) is 1. The summed E-state index contributed by atoms with van der Waals surface area (Å²) in [6.07, 6.45) is 0. The molecule has 0 amide bonds. The molecule has 100 valence electrons. The third-order valence-corrected chi connectivity index (χ3v) is 2.95. The molecule has 1 heterocycles. The summed E-state index contributed by atoms with van der Waals surface area (Å²) < 4.78 is 20.0. The first-order valence-electron chi connectivity index (χ1n) is 5.69. The summed E-state index contributed by atoms with van der Waals surface area (Å²) in [5, 5.41) is 4.47. The number of hydrogen-bond acceptors (Lipinski definition) is 3. The van der Waals surface area contributed by atoms with E-state index in [1.807, 2.05) is 0 Å². The summed E-state index contributed by atoms with van der Waals surface area (Å²) in [4.78, 5) is 11.7. The zero-order chi connectivity index (χ0) is 14.0. The van der Waals surface area contributed by atoms with Gasteiger partial charge in [-0.15, -0.1) is 0 Å². The van der Waals surface area contributed by atoms with E-state index in [-0.39, 0.29) is 11.3 Å². The lowest BCUT2D eigenvalue weighted by Gasteiger charge is -2.01. The molecule has 0 aliphatic heterocycles. The Hall–Kier alpha value is -1.88. The number of methoxy groups -OCH3 is 1. The number of carbonyl (C=O) groups is 1. The topological polar surface area (TPSA) is 44.1 Å². The number of rotatable bonds is 3. The minimum Gasteiger partial charge on any atom is -0.464 e. The van der Waals surface area contributed by atoms with Crippen LogP contribution in [0.2, 0.25) is 5.02 Å². The van der Waals surface area contributed by atoms with Gasteiger partial charge in [0.05, 0.1) is 12.7 Å². The Morgan fingerprint density at radius 1 is 1.42 bits per heavy atom. The van der Waals surface area contributed by atoms with Gasteiger partial charge in [0.25, 0.3) is 0 Å². The van der Waals surface area contributed by atoms with E-state index in [4.69, 9.17) is 11.6 Å². The van der Waals surface area contributed by atoms with Gasteiger partial charge in [0.1, 0.15) is 0 Å². The monoisotopic (exact) mass is 282 g/mol. The third kappa shape index (κ3) is 2.46. The Morgan fingerprint density at radius 3 is 2.58 bits per heavy atom. The number of nitrogens with zero attached hydrogens (tertiary/aromatic N) is 2. The lowest BCUT2D eigenvalue weighted by atomic mass is 10.1. The first kappa shape index (κ1) is 13.5. The average Bonchev–Trinajstić information content (AvgIpc) is 2.76. The standard InChI is InChI=1S/C13H12ClFN2O2/c1-3-17-12(15)10(11(16-17)13(18)19-2)8-4-6-9(14)7-5-8/h4-7H,3H2,1-2H3. The largest absolute Gasteiger partial charge is 0.464 e. The summed E-state index contributed by atoms with van der Waals surface area (Å²) >= 11 is 5.79. The van der Waals surface area contributed by atoms with Crippen LogP contribution < -0.4 is 0 Å². The van der Waals surface area contributed by atoms with Crippen LogP contribution in [-0.2, 0) is 11.3 Å². The summed E-state index contributed by atoms with van der Waals surface area (Å²) in [7, 11) is 1.23. The Kier molecular flexibility index (Phi) is 3.85. The molecule has 4 nitrogen and oxygen atoms in total. The highest BCUT2D eigenvalue weighted by atomic mass is 35.5. The number of esters is 1. The number of halogens is 2. The quantitative estimate of drug-likeness (QED) is 0.812. The zero-order valence-electron chi connectivity index (χ0n) is 10.5. The van der Waals surface area contributed by atoms with Crippen LogP contribution in [-0.4, -0.2) is 22.9 Å². The molecule has 0 aliphatic carbocycles. The van der Waals surface area contributed by atoms with E-state index in [0.29, 0.717) is 17.1 Å². The second-order valence-electron chi connectivity index (χ2n) is 3.83. The van der Waals surface area contributed by atoms with Crippen molar-refractivity contribution in [3.8, 4) is 11.1 Å². The third-order valence-electron chi connectivity index (χ3n) is 2.70. The van der Waals surface area contributed by atoms with E-state index < -0.39 is 11.9 Å². The molecule has 0 radical (unpaired) electrons. The number of benzene rings is 1. The zero-order valence-corrected chi connectivity index (χ0v) is 11.2. The van der Waals surface area contributed by atoms with E-state index >= 15 is 0 Å². The minimum absolute atomic E-state index is 0.0378. The summed E-state index contributed by atoms with van der Waals surface area (Å²) in [5.41, 5.74) is 0.622. The fourth-order valence-electron chi connectivity index (χ4n) is 1.76. The van der Waals surface area contributed by atoms with Crippen molar-refractivity contribution in [1.29, 1.82) is 0 Å². The molecule has 0 N–H and O–H groups in total. The molecule has 1 aromatic carbocycles. The van der Waals surface area contributed by atoms with E-state index in [0.717, 1.165) is 4.68 Å². The van der Waals surface area contributed by atoms with Crippen molar-refractivity contribution < 1.29 is 13.9 Å². The Balaban J connectivity index is 2.63. The molecule has 2 aromatic rings. The van der Waals surface area contributed by atoms with E-state index in [9.17, 15) is 9.18 Å². The molecule has 0 saturated carbocycles. The van der Waals surface area contributed by atoms with Crippen molar-refractivity contribution in [3.05, 3.63) is 40.9 Å². The van der Waals surface area contributed by atoms with Crippen LogP contribution in [0, 0.1) is 5.95 Å². The fourth-order valence-corrected chi connectivity index (χ4v) is 1.89. The van der Waals surface area contributed by atoms with Gasteiger partial charge >= 0.3 is 5.97 Å². The van der Waals surface area contributed by atoms with Crippen molar-refractivity contribution in [2.75, 3.05) is 7.11 Å². The predicted molar refractivity (Wildman–Crippen MR) is 69.6 cm³/mol. The van der Waals surface area contributed by atoms with Gasteiger partial charge in [-0.05, 0) is 24.6 Å². The molecule has 0 fully saturated rings. The molecule has 0 aliphatic rings. The van der Waals surface area contributed by atoms with Gasteiger partial charge in [0.2, 0.25) is 5.95 Å². The maximum absolute atomic E-state index is 14.2. The number of aromatic nitrogens is 2. The molecule has 0 unspecified atom stereocenters. The molecule has 0 spiro atoms. The molecular weight excluding hydrogens is 271 g/mol. The summed E-state index contributed by atoms with van der Waals surface area (Å²) in [6, 6.07) is 6.52. The first-order chi connectivity index (χ1) is 9.08. The van der Waals surface area contributed by atoms with Crippen LogP contribution >= 0.6 is 11.6 Å².